The van der Waals surface area contributed by atoms with Crippen molar-refractivity contribution in [2.24, 2.45) is 0 Å². The van der Waals surface area contributed by atoms with Gasteiger partial charge in [0.05, 0.1) is 7.11 Å². The molecule has 0 bridgehead atoms. The lowest BCUT2D eigenvalue weighted by atomic mass is 10.2. The SMILES string of the molecule is COC(=O)[C@@H]1CCC(=O)N1C(=O)O. The predicted molar refractivity (Wildman–Crippen MR) is 39.9 cm³/mol. The van der Waals surface area contributed by atoms with Crippen molar-refractivity contribution in [2.45, 2.75) is 18.9 Å². The number of amides is 2. The summed E-state index contributed by atoms with van der Waals surface area (Å²) in [5.74, 6) is -1.24. The summed E-state index contributed by atoms with van der Waals surface area (Å²) >= 11 is 0. The van der Waals surface area contributed by atoms with Gasteiger partial charge in [-0.1, -0.05) is 0 Å². The Morgan fingerprint density at radius 3 is 2.69 bits per heavy atom. The van der Waals surface area contributed by atoms with E-state index in [-0.39, 0.29) is 12.8 Å². The molecule has 1 atom stereocenters. The summed E-state index contributed by atoms with van der Waals surface area (Å²) in [6, 6.07) is -0.963. The molecule has 1 heterocycles. The molecule has 6 heteroatoms. The van der Waals surface area contributed by atoms with Gasteiger partial charge in [-0.3, -0.25) is 4.79 Å². The molecule has 0 spiro atoms. The Hall–Kier alpha value is -1.59. The Balaban J connectivity index is 2.81. The standard InChI is InChI=1S/C7H9NO5/c1-13-6(10)4-2-3-5(9)8(4)7(11)12/h4H,2-3H2,1H3,(H,11,12)/t4-/m0/s1. The number of rotatable bonds is 1. The minimum Gasteiger partial charge on any atom is -0.467 e. The number of hydrogen-bond acceptors (Lipinski definition) is 4. The van der Waals surface area contributed by atoms with E-state index < -0.39 is 24.0 Å². The second-order valence-electron chi connectivity index (χ2n) is 2.62. The normalized spacial score (nSPS) is 21.8. The summed E-state index contributed by atoms with van der Waals surface area (Å²) in [6.07, 6.45) is -1.12. The van der Waals surface area contributed by atoms with Crippen LogP contribution in [0.4, 0.5) is 4.79 Å². The fourth-order valence-electron chi connectivity index (χ4n) is 1.28. The topological polar surface area (TPSA) is 83.9 Å². The van der Waals surface area contributed by atoms with Crippen LogP contribution in [0.25, 0.3) is 0 Å². The Bertz CT molecular complexity index is 262. The molecule has 72 valence electrons. The van der Waals surface area contributed by atoms with E-state index in [0.29, 0.717) is 4.90 Å². The van der Waals surface area contributed by atoms with Gasteiger partial charge >= 0.3 is 12.1 Å². The Kier molecular flexibility index (Phi) is 2.50. The number of likely N-dealkylation sites (tertiary alicyclic amines) is 1. The Labute approximate surface area is 74.1 Å². The van der Waals surface area contributed by atoms with E-state index in [1.54, 1.807) is 0 Å². The highest BCUT2D eigenvalue weighted by molar-refractivity contribution is 5.98. The number of carbonyl (C=O) groups excluding carboxylic acids is 2. The van der Waals surface area contributed by atoms with Crippen molar-refractivity contribution < 1.29 is 24.2 Å². The molecule has 0 radical (unpaired) electrons. The van der Waals surface area contributed by atoms with Crippen molar-refractivity contribution in [1.82, 2.24) is 4.90 Å². The molecule has 6 nitrogen and oxygen atoms in total. The number of esters is 1. The highest BCUT2D eigenvalue weighted by atomic mass is 16.5. The monoisotopic (exact) mass is 187 g/mol. The van der Waals surface area contributed by atoms with E-state index in [1.165, 1.54) is 0 Å². The van der Waals surface area contributed by atoms with Gasteiger partial charge in [-0.25, -0.2) is 14.5 Å². The van der Waals surface area contributed by atoms with Gasteiger partial charge in [-0.05, 0) is 6.42 Å². The van der Waals surface area contributed by atoms with Gasteiger partial charge in [0.2, 0.25) is 5.91 Å². The van der Waals surface area contributed by atoms with Gasteiger partial charge in [0.25, 0.3) is 0 Å². The van der Waals surface area contributed by atoms with E-state index in [2.05, 4.69) is 4.74 Å². The Morgan fingerprint density at radius 2 is 2.23 bits per heavy atom. The molecular weight excluding hydrogens is 178 g/mol. The van der Waals surface area contributed by atoms with Gasteiger partial charge in [-0.15, -0.1) is 0 Å². The molecule has 0 aromatic carbocycles. The van der Waals surface area contributed by atoms with E-state index in [4.69, 9.17) is 5.11 Å². The molecule has 1 aliphatic rings. The van der Waals surface area contributed by atoms with Crippen molar-refractivity contribution in [1.29, 1.82) is 0 Å². The number of carbonyl (C=O) groups is 3. The van der Waals surface area contributed by atoms with Crippen molar-refractivity contribution in [2.75, 3.05) is 7.11 Å². The largest absolute Gasteiger partial charge is 0.467 e. The molecular formula is C7H9NO5. The van der Waals surface area contributed by atoms with E-state index in [0.717, 1.165) is 7.11 Å². The summed E-state index contributed by atoms with van der Waals surface area (Å²) in [5.41, 5.74) is 0. The minimum absolute atomic E-state index is 0.0755. The first-order chi connectivity index (χ1) is 6.07. The molecule has 1 saturated heterocycles. The minimum atomic E-state index is -1.40. The summed E-state index contributed by atoms with van der Waals surface area (Å²) in [5, 5.41) is 8.60. The second kappa shape index (κ2) is 3.42. The van der Waals surface area contributed by atoms with Crippen LogP contribution in [-0.4, -0.2) is 41.1 Å². The molecule has 2 amide bonds. The molecule has 0 aliphatic carbocycles. The van der Waals surface area contributed by atoms with E-state index in [1.807, 2.05) is 0 Å². The van der Waals surface area contributed by atoms with Gasteiger partial charge in [0.15, 0.2) is 0 Å². The quantitative estimate of drug-likeness (QED) is 0.576. The van der Waals surface area contributed by atoms with Crippen LogP contribution in [0.1, 0.15) is 12.8 Å². The Morgan fingerprint density at radius 1 is 1.62 bits per heavy atom. The van der Waals surface area contributed by atoms with Crippen LogP contribution in [0.2, 0.25) is 0 Å². The summed E-state index contributed by atoms with van der Waals surface area (Å²) in [7, 11) is 1.16. The lowest BCUT2D eigenvalue weighted by Crippen LogP contribution is -2.42. The molecule has 1 rings (SSSR count). The van der Waals surface area contributed by atoms with Crippen molar-refractivity contribution >= 4 is 18.0 Å². The van der Waals surface area contributed by atoms with E-state index in [9.17, 15) is 14.4 Å². The molecule has 1 fully saturated rings. The summed E-state index contributed by atoms with van der Waals surface area (Å²) < 4.78 is 4.37. The highest BCUT2D eigenvalue weighted by Crippen LogP contribution is 2.19. The summed E-state index contributed by atoms with van der Waals surface area (Å²) in [6.45, 7) is 0. The average Bonchev–Trinajstić information content (AvgIpc) is 2.45. The lowest BCUT2D eigenvalue weighted by molar-refractivity contribution is -0.147. The fourth-order valence-corrected chi connectivity index (χ4v) is 1.28. The van der Waals surface area contributed by atoms with Gasteiger partial charge < -0.3 is 9.84 Å². The maximum atomic E-state index is 11.0. The van der Waals surface area contributed by atoms with Gasteiger partial charge in [-0.2, -0.15) is 0 Å². The molecule has 0 saturated carbocycles. The first kappa shape index (κ1) is 9.50. The number of ether oxygens (including phenoxy) is 1. The van der Waals surface area contributed by atoms with Gasteiger partial charge in [0.1, 0.15) is 6.04 Å². The van der Waals surface area contributed by atoms with Crippen molar-refractivity contribution in [3.05, 3.63) is 0 Å². The molecule has 1 N–H and O–H groups in total. The molecule has 0 unspecified atom stereocenters. The van der Waals surface area contributed by atoms with Crippen molar-refractivity contribution in [3.8, 4) is 0 Å². The second-order valence-corrected chi connectivity index (χ2v) is 2.62. The van der Waals surface area contributed by atoms with Gasteiger partial charge in [0, 0.05) is 6.42 Å². The molecule has 0 aromatic rings. The highest BCUT2D eigenvalue weighted by Gasteiger charge is 2.40. The van der Waals surface area contributed by atoms with Crippen LogP contribution in [0, 0.1) is 0 Å². The van der Waals surface area contributed by atoms with Crippen molar-refractivity contribution in [3.63, 3.8) is 0 Å². The third-order valence-corrected chi connectivity index (χ3v) is 1.89. The first-order valence-corrected chi connectivity index (χ1v) is 3.70. The van der Waals surface area contributed by atoms with Crippen LogP contribution in [0.3, 0.4) is 0 Å². The third kappa shape index (κ3) is 1.61. The third-order valence-electron chi connectivity index (χ3n) is 1.89. The lowest BCUT2D eigenvalue weighted by Gasteiger charge is -2.16. The molecule has 13 heavy (non-hydrogen) atoms. The van der Waals surface area contributed by atoms with Crippen LogP contribution in [0.15, 0.2) is 0 Å². The fraction of sp³-hybridized carbons (Fsp3) is 0.571. The van der Waals surface area contributed by atoms with Crippen LogP contribution < -0.4 is 0 Å². The van der Waals surface area contributed by atoms with E-state index >= 15 is 0 Å². The zero-order valence-electron chi connectivity index (χ0n) is 7.02. The number of nitrogens with zero attached hydrogens (tertiary/aromatic N) is 1. The number of carboxylic acid groups (broad SMARTS) is 1. The predicted octanol–water partition coefficient (Wildman–Crippen LogP) is -0.172. The van der Waals surface area contributed by atoms with Crippen LogP contribution in [-0.2, 0) is 14.3 Å². The van der Waals surface area contributed by atoms with Crippen LogP contribution >= 0.6 is 0 Å². The smallest absolute Gasteiger partial charge is 0.414 e. The summed E-state index contributed by atoms with van der Waals surface area (Å²) in [4.78, 5) is 33.0. The maximum Gasteiger partial charge on any atom is 0.414 e. The molecule has 0 aromatic heterocycles. The molecule has 1 aliphatic heterocycles. The number of methoxy groups -OCH3 is 1. The number of imide groups is 1. The first-order valence-electron chi connectivity index (χ1n) is 3.70. The number of hydrogen-bond donors (Lipinski definition) is 1. The maximum absolute atomic E-state index is 11.0. The van der Waals surface area contributed by atoms with Crippen LogP contribution in [0.5, 0.6) is 0 Å². The zero-order valence-corrected chi connectivity index (χ0v) is 7.02. The average molecular weight is 187 g/mol. The zero-order chi connectivity index (χ0) is 10.0.